The van der Waals surface area contributed by atoms with Crippen molar-refractivity contribution in [2.24, 2.45) is 0 Å². The van der Waals surface area contributed by atoms with Crippen molar-refractivity contribution in [2.75, 3.05) is 26.2 Å². The minimum atomic E-state index is -3.53. The van der Waals surface area contributed by atoms with Crippen LogP contribution in [0.25, 0.3) is 0 Å². The summed E-state index contributed by atoms with van der Waals surface area (Å²) in [6.07, 6.45) is 3.33. The van der Waals surface area contributed by atoms with E-state index in [0.717, 1.165) is 5.56 Å². The van der Waals surface area contributed by atoms with Crippen molar-refractivity contribution >= 4 is 15.9 Å². The number of hydrogen-bond acceptors (Lipinski definition) is 5. The number of carbonyl (C=O) groups excluding carboxylic acids is 1. The Morgan fingerprint density at radius 1 is 1.11 bits per heavy atom. The van der Waals surface area contributed by atoms with Gasteiger partial charge >= 0.3 is 0 Å². The first-order valence-corrected chi connectivity index (χ1v) is 10.5. The lowest BCUT2D eigenvalue weighted by Crippen LogP contribution is -2.50. The zero-order chi connectivity index (χ0) is 19.4. The largest absolute Gasteiger partial charge is 0.340 e. The summed E-state index contributed by atoms with van der Waals surface area (Å²) in [6, 6.07) is 7.06. The highest BCUT2D eigenvalue weighted by atomic mass is 32.2. The van der Waals surface area contributed by atoms with Gasteiger partial charge in [-0.15, -0.1) is 0 Å². The molecule has 0 spiro atoms. The van der Waals surface area contributed by atoms with E-state index < -0.39 is 10.0 Å². The molecule has 8 nitrogen and oxygen atoms in total. The van der Waals surface area contributed by atoms with Gasteiger partial charge in [-0.1, -0.05) is 26.0 Å². The first-order chi connectivity index (χ1) is 12.9. The average molecular weight is 391 g/mol. The molecule has 0 saturated carbocycles. The molecule has 1 fully saturated rings. The summed E-state index contributed by atoms with van der Waals surface area (Å²) in [5, 5.41) is 3.98. The third-order valence-corrected chi connectivity index (χ3v) is 6.71. The normalized spacial score (nSPS) is 16.0. The monoisotopic (exact) mass is 391 g/mol. The van der Waals surface area contributed by atoms with Gasteiger partial charge < -0.3 is 4.90 Å². The predicted molar refractivity (Wildman–Crippen MR) is 101 cm³/mol. The van der Waals surface area contributed by atoms with Crippen LogP contribution in [-0.2, 0) is 21.4 Å². The molecule has 0 N–H and O–H groups in total. The Labute approximate surface area is 159 Å². The van der Waals surface area contributed by atoms with Crippen molar-refractivity contribution in [3.63, 3.8) is 0 Å². The third kappa shape index (κ3) is 4.54. The van der Waals surface area contributed by atoms with Gasteiger partial charge in [0.05, 0.1) is 11.4 Å². The van der Waals surface area contributed by atoms with E-state index in [1.165, 1.54) is 10.6 Å². The van der Waals surface area contributed by atoms with Gasteiger partial charge in [0.15, 0.2) is 0 Å². The van der Waals surface area contributed by atoms with Gasteiger partial charge in [0.2, 0.25) is 15.9 Å². The van der Waals surface area contributed by atoms with E-state index in [0.29, 0.717) is 50.0 Å². The molecule has 27 heavy (non-hydrogen) atoms. The molecular weight excluding hydrogens is 366 g/mol. The summed E-state index contributed by atoms with van der Waals surface area (Å²) in [6.45, 7) is 6.04. The Balaban J connectivity index is 1.56. The zero-order valence-corrected chi connectivity index (χ0v) is 16.5. The van der Waals surface area contributed by atoms with Crippen molar-refractivity contribution in [1.29, 1.82) is 0 Å². The van der Waals surface area contributed by atoms with Gasteiger partial charge in [0.1, 0.15) is 12.7 Å². The highest BCUT2D eigenvalue weighted by Crippen LogP contribution is 2.21. The molecule has 0 bridgehead atoms. The highest BCUT2D eigenvalue weighted by Gasteiger charge is 2.30. The molecule has 0 atom stereocenters. The third-order valence-electron chi connectivity index (χ3n) is 4.80. The second-order valence-electron chi connectivity index (χ2n) is 6.92. The van der Waals surface area contributed by atoms with Gasteiger partial charge in [-0.3, -0.25) is 9.48 Å². The molecule has 0 unspecified atom stereocenters. The van der Waals surface area contributed by atoms with E-state index in [2.05, 4.69) is 23.9 Å². The predicted octanol–water partition coefficient (Wildman–Crippen LogP) is 1.32. The number of piperazine rings is 1. The van der Waals surface area contributed by atoms with E-state index in [4.69, 9.17) is 0 Å². The standard InChI is InChI=1S/C18H25N5O3S/c1-15(2)16-3-5-17(6-4-16)27(25,26)23-11-9-21(10-12-23)18(24)7-8-22-14-19-13-20-22/h3-6,13-15H,7-12H2,1-2H3. The lowest BCUT2D eigenvalue weighted by Gasteiger charge is -2.34. The molecule has 1 aromatic carbocycles. The molecule has 1 aromatic heterocycles. The molecule has 146 valence electrons. The van der Waals surface area contributed by atoms with Gasteiger partial charge in [0.25, 0.3) is 0 Å². The van der Waals surface area contributed by atoms with Crippen molar-refractivity contribution < 1.29 is 13.2 Å². The van der Waals surface area contributed by atoms with Crippen LogP contribution in [0.15, 0.2) is 41.8 Å². The maximum Gasteiger partial charge on any atom is 0.243 e. The Morgan fingerprint density at radius 2 is 1.78 bits per heavy atom. The first-order valence-electron chi connectivity index (χ1n) is 9.08. The van der Waals surface area contributed by atoms with Gasteiger partial charge in [-0.05, 0) is 23.6 Å². The van der Waals surface area contributed by atoms with E-state index in [-0.39, 0.29) is 5.91 Å². The minimum Gasteiger partial charge on any atom is -0.340 e. The van der Waals surface area contributed by atoms with Gasteiger partial charge in [-0.25, -0.2) is 13.4 Å². The van der Waals surface area contributed by atoms with Crippen LogP contribution < -0.4 is 0 Å². The Bertz CT molecular complexity index is 855. The SMILES string of the molecule is CC(C)c1ccc(S(=O)(=O)N2CCN(C(=O)CCn3cncn3)CC2)cc1. The average Bonchev–Trinajstić information content (AvgIpc) is 3.20. The molecule has 0 aliphatic carbocycles. The molecule has 3 rings (SSSR count). The van der Waals surface area contributed by atoms with Crippen LogP contribution in [0.4, 0.5) is 0 Å². The molecule has 1 aliphatic rings. The quantitative estimate of drug-likeness (QED) is 0.741. The van der Waals surface area contributed by atoms with Crippen LogP contribution in [0, 0.1) is 0 Å². The lowest BCUT2D eigenvalue weighted by molar-refractivity contribution is -0.132. The summed E-state index contributed by atoms with van der Waals surface area (Å²) in [7, 11) is -3.53. The summed E-state index contributed by atoms with van der Waals surface area (Å²) in [4.78, 5) is 18.2. The highest BCUT2D eigenvalue weighted by molar-refractivity contribution is 7.89. The maximum atomic E-state index is 12.8. The number of benzene rings is 1. The van der Waals surface area contributed by atoms with Crippen LogP contribution in [0.3, 0.4) is 0 Å². The van der Waals surface area contributed by atoms with Crippen molar-refractivity contribution in [2.45, 2.75) is 37.6 Å². The Kier molecular flexibility index (Phi) is 5.91. The molecular formula is C18H25N5O3S. The summed E-state index contributed by atoms with van der Waals surface area (Å²) in [5.74, 6) is 0.359. The molecule has 9 heteroatoms. The smallest absolute Gasteiger partial charge is 0.243 e. The van der Waals surface area contributed by atoms with Crippen LogP contribution in [0.5, 0.6) is 0 Å². The van der Waals surface area contributed by atoms with Gasteiger partial charge in [-0.2, -0.15) is 9.40 Å². The van der Waals surface area contributed by atoms with Gasteiger partial charge in [0, 0.05) is 32.6 Å². The van der Waals surface area contributed by atoms with Crippen molar-refractivity contribution in [3.05, 3.63) is 42.5 Å². The maximum absolute atomic E-state index is 12.8. The fraction of sp³-hybridized carbons (Fsp3) is 0.500. The van der Waals surface area contributed by atoms with Crippen molar-refractivity contribution in [3.8, 4) is 0 Å². The Hall–Kier alpha value is -2.26. The topological polar surface area (TPSA) is 88.4 Å². The lowest BCUT2D eigenvalue weighted by atomic mass is 10.0. The second-order valence-corrected chi connectivity index (χ2v) is 8.86. The number of aromatic nitrogens is 3. The number of aryl methyl sites for hydroxylation is 1. The molecule has 1 amide bonds. The molecule has 1 aliphatic heterocycles. The van der Waals surface area contributed by atoms with Crippen molar-refractivity contribution in [1.82, 2.24) is 24.0 Å². The fourth-order valence-electron chi connectivity index (χ4n) is 3.07. The number of sulfonamides is 1. The number of amides is 1. The van der Waals surface area contributed by atoms with E-state index in [1.807, 2.05) is 12.1 Å². The number of rotatable bonds is 6. The number of nitrogens with zero attached hydrogens (tertiary/aromatic N) is 5. The first kappa shape index (κ1) is 19.5. The molecule has 0 radical (unpaired) electrons. The number of hydrogen-bond donors (Lipinski definition) is 0. The molecule has 1 saturated heterocycles. The van der Waals surface area contributed by atoms with E-state index >= 15 is 0 Å². The number of carbonyl (C=O) groups is 1. The minimum absolute atomic E-state index is 0.00355. The Morgan fingerprint density at radius 3 is 2.33 bits per heavy atom. The summed E-state index contributed by atoms with van der Waals surface area (Å²) in [5.41, 5.74) is 1.11. The van der Waals surface area contributed by atoms with Crippen LogP contribution in [0.2, 0.25) is 0 Å². The fourth-order valence-corrected chi connectivity index (χ4v) is 4.49. The van der Waals surface area contributed by atoms with Crippen LogP contribution in [0.1, 0.15) is 31.7 Å². The second kappa shape index (κ2) is 8.18. The summed E-state index contributed by atoms with van der Waals surface area (Å²) < 4.78 is 28.7. The molecule has 2 aromatic rings. The van der Waals surface area contributed by atoms with E-state index in [1.54, 1.807) is 28.0 Å². The van der Waals surface area contributed by atoms with Crippen LogP contribution >= 0.6 is 0 Å². The van der Waals surface area contributed by atoms with E-state index in [9.17, 15) is 13.2 Å². The summed E-state index contributed by atoms with van der Waals surface area (Å²) >= 11 is 0. The molecule has 2 heterocycles. The zero-order valence-electron chi connectivity index (χ0n) is 15.7. The van der Waals surface area contributed by atoms with Crippen LogP contribution in [-0.4, -0.2) is 64.5 Å².